The van der Waals surface area contributed by atoms with Gasteiger partial charge in [0.1, 0.15) is 24.0 Å². The number of aryl methyl sites for hydroxylation is 2. The maximum Gasteiger partial charge on any atom is 0.223 e. The molecule has 29 heavy (non-hydrogen) atoms. The Morgan fingerprint density at radius 2 is 1.86 bits per heavy atom. The largest absolute Gasteiger partial charge is 0.490 e. The quantitative estimate of drug-likeness (QED) is 0.487. The average Bonchev–Trinajstić information content (AvgIpc) is 2.70. The van der Waals surface area contributed by atoms with E-state index in [9.17, 15) is 0 Å². The zero-order valence-electron chi connectivity index (χ0n) is 16.9. The monoisotopic (exact) mass is 396 g/mol. The van der Waals surface area contributed by atoms with Gasteiger partial charge in [0.2, 0.25) is 5.95 Å². The van der Waals surface area contributed by atoms with Crippen LogP contribution in [0.1, 0.15) is 11.5 Å². The first-order valence-electron chi connectivity index (χ1n) is 9.02. The first-order valence-corrected chi connectivity index (χ1v) is 9.02. The van der Waals surface area contributed by atoms with Crippen LogP contribution >= 0.6 is 0 Å². The lowest BCUT2D eigenvalue weighted by molar-refractivity contribution is 0.146. The molecule has 0 fully saturated rings. The second-order valence-corrected chi connectivity index (χ2v) is 6.20. The molecular weight excluding hydrogens is 372 g/mol. The highest BCUT2D eigenvalue weighted by atomic mass is 16.5. The maximum atomic E-state index is 5.82. The fourth-order valence-corrected chi connectivity index (χ4v) is 2.65. The molecule has 0 atom stereocenters. The number of ether oxygens (including phenoxy) is 2. The van der Waals surface area contributed by atoms with E-state index in [1.54, 1.807) is 32.5 Å². The summed E-state index contributed by atoms with van der Waals surface area (Å²) in [6.45, 7) is 4.55. The Kier molecular flexibility index (Phi) is 6.35. The predicted octanol–water partition coefficient (Wildman–Crippen LogP) is 2.34. The second-order valence-electron chi connectivity index (χ2n) is 6.20. The zero-order valence-corrected chi connectivity index (χ0v) is 16.9. The van der Waals surface area contributed by atoms with Crippen LogP contribution in [0.25, 0.3) is 11.4 Å². The third kappa shape index (κ3) is 5.05. The molecule has 3 aromatic heterocycles. The molecule has 10 heteroatoms. The highest BCUT2D eigenvalue weighted by Gasteiger charge is 2.14. The first kappa shape index (κ1) is 20.2. The number of hydrogen-bond donors (Lipinski definition) is 3. The minimum Gasteiger partial charge on any atom is -0.490 e. The van der Waals surface area contributed by atoms with Crippen LogP contribution in [0.2, 0.25) is 0 Å². The van der Waals surface area contributed by atoms with Crippen LogP contribution in [-0.2, 0) is 4.74 Å². The number of rotatable bonds is 8. The van der Waals surface area contributed by atoms with Crippen molar-refractivity contribution in [3.05, 3.63) is 36.0 Å². The van der Waals surface area contributed by atoms with Gasteiger partial charge in [-0.1, -0.05) is 0 Å². The summed E-state index contributed by atoms with van der Waals surface area (Å²) in [6.07, 6.45) is 3.36. The smallest absolute Gasteiger partial charge is 0.223 e. The van der Waals surface area contributed by atoms with Gasteiger partial charge in [-0.05, 0) is 26.0 Å². The van der Waals surface area contributed by atoms with Crippen molar-refractivity contribution in [2.24, 2.45) is 0 Å². The Labute approximate surface area is 169 Å². The van der Waals surface area contributed by atoms with Gasteiger partial charge in [0.15, 0.2) is 5.82 Å². The number of methoxy groups -OCH3 is 1. The number of pyridine rings is 2. The summed E-state index contributed by atoms with van der Waals surface area (Å²) in [5.41, 5.74) is 9.02. The third-order valence-electron chi connectivity index (χ3n) is 4.04. The molecule has 10 nitrogen and oxygen atoms in total. The Hall–Kier alpha value is -3.53. The number of nitrogens with one attached hydrogen (secondary N) is 2. The van der Waals surface area contributed by atoms with Crippen molar-refractivity contribution in [2.45, 2.75) is 13.8 Å². The summed E-state index contributed by atoms with van der Waals surface area (Å²) < 4.78 is 10.7. The van der Waals surface area contributed by atoms with Crippen molar-refractivity contribution in [1.82, 2.24) is 24.9 Å². The zero-order chi connectivity index (χ0) is 20.8. The number of anilines is 4. The van der Waals surface area contributed by atoms with Crippen molar-refractivity contribution < 1.29 is 9.47 Å². The second kappa shape index (κ2) is 9.11. The Balaban J connectivity index is 2.01. The highest BCUT2D eigenvalue weighted by molar-refractivity contribution is 5.76. The Bertz CT molecular complexity index is 976. The molecule has 3 aromatic rings. The molecule has 0 amide bonds. The molecule has 0 unspecified atom stereocenters. The fraction of sp³-hybridized carbons (Fsp3) is 0.316. The summed E-state index contributed by atoms with van der Waals surface area (Å²) in [4.78, 5) is 21.6. The molecule has 0 bridgehead atoms. The molecule has 0 radical (unpaired) electrons. The number of nitrogens with zero attached hydrogens (tertiary/aromatic N) is 5. The van der Waals surface area contributed by atoms with Gasteiger partial charge in [-0.15, -0.1) is 0 Å². The van der Waals surface area contributed by atoms with E-state index in [0.29, 0.717) is 42.0 Å². The van der Waals surface area contributed by atoms with E-state index >= 15 is 0 Å². The van der Waals surface area contributed by atoms with Crippen LogP contribution in [0.15, 0.2) is 24.5 Å². The van der Waals surface area contributed by atoms with Gasteiger partial charge < -0.3 is 25.8 Å². The lowest BCUT2D eigenvalue weighted by Crippen LogP contribution is -2.07. The van der Waals surface area contributed by atoms with Gasteiger partial charge >= 0.3 is 0 Å². The van der Waals surface area contributed by atoms with E-state index in [1.165, 1.54) is 0 Å². The Morgan fingerprint density at radius 1 is 1.03 bits per heavy atom. The molecule has 0 aromatic carbocycles. The van der Waals surface area contributed by atoms with Gasteiger partial charge in [-0.2, -0.15) is 9.97 Å². The highest BCUT2D eigenvalue weighted by Crippen LogP contribution is 2.30. The first-order chi connectivity index (χ1) is 14.0. The van der Waals surface area contributed by atoms with E-state index in [0.717, 1.165) is 17.1 Å². The summed E-state index contributed by atoms with van der Waals surface area (Å²) in [5.74, 6) is 2.16. The summed E-state index contributed by atoms with van der Waals surface area (Å²) in [7, 11) is 3.46. The lowest BCUT2D eigenvalue weighted by atomic mass is 10.2. The summed E-state index contributed by atoms with van der Waals surface area (Å²) in [5, 5.41) is 6.39. The number of nitrogens with two attached hydrogens (primary N) is 1. The molecule has 4 N–H and O–H groups in total. The molecule has 0 saturated heterocycles. The van der Waals surface area contributed by atoms with Gasteiger partial charge in [-0.25, -0.2) is 9.97 Å². The normalized spacial score (nSPS) is 10.6. The van der Waals surface area contributed by atoms with Crippen molar-refractivity contribution in [3.8, 4) is 17.1 Å². The van der Waals surface area contributed by atoms with E-state index in [1.807, 2.05) is 20.0 Å². The molecule has 0 saturated carbocycles. The molecule has 152 valence electrons. The maximum absolute atomic E-state index is 5.82. The lowest BCUT2D eigenvalue weighted by Gasteiger charge is -2.14. The van der Waals surface area contributed by atoms with E-state index in [4.69, 9.17) is 15.2 Å². The third-order valence-corrected chi connectivity index (χ3v) is 4.04. The van der Waals surface area contributed by atoms with Gasteiger partial charge in [0, 0.05) is 14.2 Å². The van der Waals surface area contributed by atoms with Crippen molar-refractivity contribution in [3.63, 3.8) is 0 Å². The number of nitrogen functional groups attached to an aromatic ring is 1. The summed E-state index contributed by atoms with van der Waals surface area (Å²) in [6, 6.07) is 3.75. The van der Waals surface area contributed by atoms with Crippen molar-refractivity contribution in [1.29, 1.82) is 0 Å². The molecule has 0 aliphatic heterocycles. The number of hydrogen-bond acceptors (Lipinski definition) is 10. The SMILES string of the molecule is CNc1cc(Nc2ncc(OCCOC)cc2-c2nc(C)nc(N)n2)cnc1C. The minimum absolute atomic E-state index is 0.138. The Morgan fingerprint density at radius 3 is 2.59 bits per heavy atom. The molecule has 3 heterocycles. The van der Waals surface area contributed by atoms with Crippen LogP contribution in [0.5, 0.6) is 5.75 Å². The number of aromatic nitrogens is 5. The van der Waals surface area contributed by atoms with Crippen molar-refractivity contribution in [2.75, 3.05) is 43.7 Å². The predicted molar refractivity (Wildman–Crippen MR) is 111 cm³/mol. The van der Waals surface area contributed by atoms with E-state index in [-0.39, 0.29) is 5.95 Å². The van der Waals surface area contributed by atoms with Crippen LogP contribution < -0.4 is 21.1 Å². The van der Waals surface area contributed by atoms with Crippen LogP contribution in [0.3, 0.4) is 0 Å². The molecule has 0 aliphatic rings. The van der Waals surface area contributed by atoms with Gasteiger partial charge in [0.25, 0.3) is 0 Å². The van der Waals surface area contributed by atoms with Gasteiger partial charge in [0.05, 0.1) is 41.6 Å². The average molecular weight is 396 g/mol. The minimum atomic E-state index is 0.138. The molecule has 3 rings (SSSR count). The molecular formula is C19H24N8O2. The standard InChI is InChI=1S/C19H24N8O2/c1-11-16(21-3)7-13(9-22-11)26-17-15(18-24-12(2)25-19(20)27-18)8-14(10-23-17)29-6-5-28-4/h7-10,21H,5-6H2,1-4H3,(H,23,26)(H2,20,24,25,27). The van der Waals surface area contributed by atoms with Crippen LogP contribution in [0.4, 0.5) is 23.1 Å². The van der Waals surface area contributed by atoms with E-state index < -0.39 is 0 Å². The molecule has 0 spiro atoms. The molecule has 0 aliphatic carbocycles. The van der Waals surface area contributed by atoms with Crippen LogP contribution in [0, 0.1) is 13.8 Å². The fourth-order valence-electron chi connectivity index (χ4n) is 2.65. The van der Waals surface area contributed by atoms with E-state index in [2.05, 4.69) is 35.6 Å². The summed E-state index contributed by atoms with van der Waals surface area (Å²) >= 11 is 0. The van der Waals surface area contributed by atoms with Crippen molar-refractivity contribution >= 4 is 23.1 Å². The van der Waals surface area contributed by atoms with Gasteiger partial charge in [-0.3, -0.25) is 4.98 Å². The van der Waals surface area contributed by atoms with Crippen LogP contribution in [-0.4, -0.2) is 52.3 Å². The topological polar surface area (TPSA) is 133 Å².